The van der Waals surface area contributed by atoms with E-state index in [0.717, 1.165) is 42.8 Å². The van der Waals surface area contributed by atoms with E-state index >= 15 is 0 Å². The molecule has 7 nitrogen and oxygen atoms in total. The second kappa shape index (κ2) is 8.90. The highest BCUT2D eigenvalue weighted by atomic mass is 16.6. The van der Waals surface area contributed by atoms with Crippen LogP contribution in [0.2, 0.25) is 0 Å². The zero-order chi connectivity index (χ0) is 21.1. The molecule has 2 N–H and O–H groups in total. The van der Waals surface area contributed by atoms with Gasteiger partial charge in [-0.15, -0.1) is 0 Å². The second-order valence-corrected chi connectivity index (χ2v) is 8.46. The quantitative estimate of drug-likeness (QED) is 0.784. The summed E-state index contributed by atoms with van der Waals surface area (Å²) >= 11 is 0. The number of nitrogens with two attached hydrogens (primary N) is 1. The fourth-order valence-corrected chi connectivity index (χ4v) is 4.91. The van der Waals surface area contributed by atoms with E-state index in [2.05, 4.69) is 0 Å². The maximum absolute atomic E-state index is 13.4. The molecule has 2 aromatic rings. The van der Waals surface area contributed by atoms with Crippen molar-refractivity contribution in [2.24, 2.45) is 18.7 Å². The van der Waals surface area contributed by atoms with Crippen LogP contribution in [0.1, 0.15) is 56.8 Å². The lowest BCUT2D eigenvalue weighted by atomic mass is 9.99. The Morgan fingerprint density at radius 1 is 1.17 bits per heavy atom. The molecule has 2 atom stereocenters. The summed E-state index contributed by atoms with van der Waals surface area (Å²) in [6.45, 7) is 0.639. The van der Waals surface area contributed by atoms with Gasteiger partial charge in [0.25, 0.3) is 5.91 Å². The summed E-state index contributed by atoms with van der Waals surface area (Å²) in [5.41, 5.74) is 7.23. The van der Waals surface area contributed by atoms with Crippen LogP contribution in [0.3, 0.4) is 0 Å². The Morgan fingerprint density at radius 2 is 1.90 bits per heavy atom. The van der Waals surface area contributed by atoms with Gasteiger partial charge in [0.1, 0.15) is 5.82 Å². The van der Waals surface area contributed by atoms with Gasteiger partial charge in [-0.3, -0.25) is 4.79 Å². The van der Waals surface area contributed by atoms with Crippen molar-refractivity contribution >= 4 is 12.0 Å². The zero-order valence-electron chi connectivity index (χ0n) is 17.5. The Labute approximate surface area is 177 Å². The van der Waals surface area contributed by atoms with Crippen LogP contribution in [0.25, 0.3) is 11.3 Å². The molecule has 0 bridgehead atoms. The van der Waals surface area contributed by atoms with Gasteiger partial charge in [-0.05, 0) is 25.2 Å². The number of carbonyl (C=O) groups excluding carboxylic acids is 2. The van der Waals surface area contributed by atoms with Crippen molar-refractivity contribution in [2.75, 3.05) is 6.54 Å². The van der Waals surface area contributed by atoms with Crippen molar-refractivity contribution < 1.29 is 14.3 Å². The van der Waals surface area contributed by atoms with E-state index in [9.17, 15) is 9.59 Å². The molecular weight excluding hydrogens is 380 g/mol. The monoisotopic (exact) mass is 410 g/mol. The van der Waals surface area contributed by atoms with E-state index in [-0.39, 0.29) is 11.9 Å². The summed E-state index contributed by atoms with van der Waals surface area (Å²) in [7, 11) is 1.96. The molecule has 2 amide bonds. The minimum absolute atomic E-state index is 0.123. The molecule has 2 heterocycles. The average molecular weight is 411 g/mol. The van der Waals surface area contributed by atoms with Crippen LogP contribution in [0.15, 0.2) is 36.5 Å². The molecule has 2 fully saturated rings. The van der Waals surface area contributed by atoms with Crippen LogP contribution in [0, 0.1) is 5.92 Å². The summed E-state index contributed by atoms with van der Waals surface area (Å²) < 4.78 is 7.30. The molecule has 1 aromatic carbocycles. The minimum atomic E-state index is -0.884. The molecular formula is C23H30N4O3. The lowest BCUT2D eigenvalue weighted by Crippen LogP contribution is -2.43. The van der Waals surface area contributed by atoms with Crippen molar-refractivity contribution in [3.8, 4) is 11.3 Å². The third-order valence-electron chi connectivity index (χ3n) is 6.37. The van der Waals surface area contributed by atoms with Gasteiger partial charge in [0.15, 0.2) is 6.10 Å². The molecule has 0 spiro atoms. The number of likely N-dealkylation sites (tertiary alicyclic amines) is 1. The van der Waals surface area contributed by atoms with E-state index in [1.807, 2.05) is 53.0 Å². The first kappa shape index (κ1) is 20.4. The third kappa shape index (κ3) is 4.35. The number of ether oxygens (including phenoxy) is 1. The van der Waals surface area contributed by atoms with Crippen LogP contribution in [-0.4, -0.2) is 39.1 Å². The molecule has 30 heavy (non-hydrogen) atoms. The predicted molar refractivity (Wildman–Crippen MR) is 113 cm³/mol. The van der Waals surface area contributed by atoms with E-state index in [1.165, 1.54) is 12.8 Å². The van der Waals surface area contributed by atoms with Crippen LogP contribution >= 0.6 is 0 Å². The van der Waals surface area contributed by atoms with Gasteiger partial charge < -0.3 is 19.9 Å². The second-order valence-electron chi connectivity index (χ2n) is 8.46. The highest BCUT2D eigenvalue weighted by molar-refractivity contribution is 5.84. The fourth-order valence-electron chi connectivity index (χ4n) is 4.91. The number of aryl methyl sites for hydroxylation is 1. The lowest BCUT2D eigenvalue weighted by Gasteiger charge is -2.29. The summed E-state index contributed by atoms with van der Waals surface area (Å²) in [4.78, 5) is 31.6. The standard InChI is InChI=1S/C23H30N4O3/c1-26-15-18(17-10-3-2-4-11-17)25-21(26)19-12-7-13-27(19)22(28)20(30-23(24)29)14-16-8-5-6-9-16/h2-4,10-11,15-16,19-20H,5-9,12-14H2,1H3,(H2,24,29)/t19-,20?/m0/s1. The smallest absolute Gasteiger partial charge is 0.405 e. The molecule has 7 heteroatoms. The van der Waals surface area contributed by atoms with E-state index in [1.54, 1.807) is 0 Å². The predicted octanol–water partition coefficient (Wildman–Crippen LogP) is 3.79. The molecule has 1 saturated carbocycles. The topological polar surface area (TPSA) is 90.4 Å². The van der Waals surface area contributed by atoms with Gasteiger partial charge in [0.05, 0.1) is 11.7 Å². The summed E-state index contributed by atoms with van der Waals surface area (Å²) in [6, 6.07) is 9.90. The number of hydrogen-bond donors (Lipinski definition) is 1. The number of rotatable bonds is 6. The molecule has 0 radical (unpaired) electrons. The fraction of sp³-hybridized carbons (Fsp3) is 0.522. The molecule has 4 rings (SSSR count). The van der Waals surface area contributed by atoms with Crippen molar-refractivity contribution in [1.82, 2.24) is 14.5 Å². The number of amides is 2. The van der Waals surface area contributed by atoms with Gasteiger partial charge in [-0.2, -0.15) is 0 Å². The van der Waals surface area contributed by atoms with Gasteiger partial charge in [-0.1, -0.05) is 56.0 Å². The molecule has 160 valence electrons. The Kier molecular flexibility index (Phi) is 6.06. The molecule has 1 aromatic heterocycles. The van der Waals surface area contributed by atoms with Gasteiger partial charge in [0, 0.05) is 25.4 Å². The summed E-state index contributed by atoms with van der Waals surface area (Å²) in [5.74, 6) is 1.13. The largest absolute Gasteiger partial charge is 0.436 e. The molecule has 1 aliphatic carbocycles. The number of carbonyl (C=O) groups is 2. The third-order valence-corrected chi connectivity index (χ3v) is 6.37. The number of hydrogen-bond acceptors (Lipinski definition) is 4. The average Bonchev–Trinajstić information content (AvgIpc) is 3.48. The normalized spacial score (nSPS) is 20.4. The summed E-state index contributed by atoms with van der Waals surface area (Å²) in [6.07, 6.45) is 7.11. The van der Waals surface area contributed by atoms with Crippen molar-refractivity contribution in [3.05, 3.63) is 42.4 Å². The van der Waals surface area contributed by atoms with Crippen LogP contribution < -0.4 is 5.73 Å². The Bertz CT molecular complexity index is 889. The molecule has 2 aliphatic rings. The maximum Gasteiger partial charge on any atom is 0.405 e. The van der Waals surface area contributed by atoms with Crippen molar-refractivity contribution in [2.45, 2.75) is 57.1 Å². The Morgan fingerprint density at radius 3 is 2.60 bits per heavy atom. The minimum Gasteiger partial charge on any atom is -0.436 e. The van der Waals surface area contributed by atoms with Crippen LogP contribution in [0.5, 0.6) is 0 Å². The first-order chi connectivity index (χ1) is 14.5. The van der Waals surface area contributed by atoms with E-state index < -0.39 is 12.2 Å². The summed E-state index contributed by atoms with van der Waals surface area (Å²) in [5, 5.41) is 0. The first-order valence-corrected chi connectivity index (χ1v) is 10.9. The number of primary amides is 1. The molecule has 1 aliphatic heterocycles. The lowest BCUT2D eigenvalue weighted by molar-refractivity contribution is -0.142. The van der Waals surface area contributed by atoms with E-state index in [4.69, 9.17) is 15.5 Å². The Balaban J connectivity index is 1.55. The van der Waals surface area contributed by atoms with Gasteiger partial charge >= 0.3 is 6.09 Å². The zero-order valence-corrected chi connectivity index (χ0v) is 17.5. The maximum atomic E-state index is 13.4. The number of imidazole rings is 1. The van der Waals surface area contributed by atoms with Crippen LogP contribution in [-0.2, 0) is 16.6 Å². The molecule has 1 unspecified atom stereocenters. The number of benzene rings is 1. The number of nitrogens with zero attached hydrogens (tertiary/aromatic N) is 3. The van der Waals surface area contributed by atoms with Crippen LogP contribution in [0.4, 0.5) is 4.79 Å². The number of aromatic nitrogens is 2. The Hall–Kier alpha value is -2.83. The SMILES string of the molecule is Cn1cc(-c2ccccc2)nc1[C@@H]1CCCN1C(=O)C(CC1CCCC1)OC(N)=O. The highest BCUT2D eigenvalue weighted by Gasteiger charge is 2.38. The van der Waals surface area contributed by atoms with Gasteiger partial charge in [-0.25, -0.2) is 9.78 Å². The van der Waals surface area contributed by atoms with E-state index in [0.29, 0.717) is 18.9 Å². The first-order valence-electron chi connectivity index (χ1n) is 10.9. The highest BCUT2D eigenvalue weighted by Crippen LogP contribution is 2.35. The van der Waals surface area contributed by atoms with Gasteiger partial charge in [0.2, 0.25) is 0 Å². The molecule has 1 saturated heterocycles. The van der Waals surface area contributed by atoms with Crippen molar-refractivity contribution in [1.29, 1.82) is 0 Å². The van der Waals surface area contributed by atoms with Crippen molar-refractivity contribution in [3.63, 3.8) is 0 Å².